The summed E-state index contributed by atoms with van der Waals surface area (Å²) in [5.74, 6) is -4.74. The Morgan fingerprint density at radius 1 is 0.960 bits per heavy atom. The Balaban J connectivity index is 2.18. The lowest BCUT2D eigenvalue weighted by molar-refractivity contribution is -0.139. The smallest absolute Gasteiger partial charge is 0.337 e. The first-order valence-electron chi connectivity index (χ1n) is 7.57. The van der Waals surface area contributed by atoms with Crippen LogP contribution in [0.3, 0.4) is 0 Å². The fraction of sp³-hybridized carbons (Fsp3) is 0.167. The summed E-state index contributed by atoms with van der Waals surface area (Å²) in [7, 11) is 0. The lowest BCUT2D eigenvalue weighted by Gasteiger charge is -2.32. The van der Waals surface area contributed by atoms with Crippen LogP contribution < -0.4 is 5.32 Å². The predicted octanol–water partition coefficient (Wildman–Crippen LogP) is 2.81. The van der Waals surface area contributed by atoms with Crippen LogP contribution >= 0.6 is 0 Å². The number of nitrogens with one attached hydrogen (secondary N) is 1. The molecule has 0 spiro atoms. The van der Waals surface area contributed by atoms with Crippen LogP contribution in [0.25, 0.3) is 0 Å². The van der Waals surface area contributed by atoms with Gasteiger partial charge in [-0.05, 0) is 29.7 Å². The highest BCUT2D eigenvalue weighted by atomic mass is 16.4. The Morgan fingerprint density at radius 3 is 2.20 bits per heavy atom. The van der Waals surface area contributed by atoms with Crippen LogP contribution in [0.1, 0.15) is 50.2 Å². The molecule has 2 aromatic rings. The molecular formula is C18H15NO6. The second-order valence-electron chi connectivity index (χ2n) is 5.83. The normalized spacial score (nSPS) is 18.7. The van der Waals surface area contributed by atoms with E-state index in [0.29, 0.717) is 0 Å². The van der Waals surface area contributed by atoms with E-state index < -0.39 is 23.8 Å². The minimum Gasteiger partial charge on any atom is -0.481 e. The van der Waals surface area contributed by atoms with Gasteiger partial charge in [-0.3, -0.25) is 4.79 Å². The fourth-order valence-corrected chi connectivity index (χ4v) is 3.13. The molecule has 1 aliphatic heterocycles. The van der Waals surface area contributed by atoms with Crippen LogP contribution in [-0.4, -0.2) is 33.2 Å². The van der Waals surface area contributed by atoms with E-state index >= 15 is 0 Å². The number of benzene rings is 2. The van der Waals surface area contributed by atoms with Crippen LogP contribution in [0.15, 0.2) is 42.5 Å². The van der Waals surface area contributed by atoms with Gasteiger partial charge in [0, 0.05) is 0 Å². The summed E-state index contributed by atoms with van der Waals surface area (Å²) in [5, 5.41) is 31.3. The third-order valence-electron chi connectivity index (χ3n) is 4.31. The molecule has 1 heterocycles. The number of carbonyl (C=O) groups is 3. The van der Waals surface area contributed by atoms with Gasteiger partial charge in [0.05, 0.1) is 28.8 Å². The van der Waals surface area contributed by atoms with Gasteiger partial charge >= 0.3 is 17.9 Å². The van der Waals surface area contributed by atoms with Gasteiger partial charge in [0.2, 0.25) is 0 Å². The molecule has 128 valence electrons. The molecule has 3 rings (SSSR count). The SMILES string of the molecule is O=C(O)c1cc(C(=O)O)c2c(c1)C(C(=O)O)CC(c1ccccc1)N2. The highest BCUT2D eigenvalue weighted by molar-refractivity contribution is 6.01. The zero-order valence-corrected chi connectivity index (χ0v) is 13.0. The maximum absolute atomic E-state index is 11.7. The fourth-order valence-electron chi connectivity index (χ4n) is 3.13. The van der Waals surface area contributed by atoms with Crippen LogP contribution in [-0.2, 0) is 4.79 Å². The lowest BCUT2D eigenvalue weighted by atomic mass is 9.82. The van der Waals surface area contributed by atoms with E-state index in [1.165, 1.54) is 6.07 Å². The van der Waals surface area contributed by atoms with Gasteiger partial charge in [0.25, 0.3) is 0 Å². The Labute approximate surface area is 142 Å². The lowest BCUT2D eigenvalue weighted by Crippen LogP contribution is -2.28. The molecule has 7 nitrogen and oxygen atoms in total. The number of hydrogen-bond donors (Lipinski definition) is 4. The average Bonchev–Trinajstić information content (AvgIpc) is 2.60. The topological polar surface area (TPSA) is 124 Å². The maximum atomic E-state index is 11.7. The van der Waals surface area contributed by atoms with Crippen molar-refractivity contribution in [2.75, 3.05) is 5.32 Å². The molecule has 1 aliphatic rings. The summed E-state index contributed by atoms with van der Waals surface area (Å²) in [6.45, 7) is 0. The van der Waals surface area contributed by atoms with Crippen molar-refractivity contribution in [3.8, 4) is 0 Å². The summed E-state index contributed by atoms with van der Waals surface area (Å²) < 4.78 is 0. The number of carboxylic acids is 3. The summed E-state index contributed by atoms with van der Waals surface area (Å²) in [5.41, 5.74) is 0.671. The molecule has 0 aromatic heterocycles. The van der Waals surface area contributed by atoms with Crippen LogP contribution in [0.4, 0.5) is 5.69 Å². The van der Waals surface area contributed by atoms with E-state index in [4.69, 9.17) is 0 Å². The number of aliphatic carboxylic acids is 1. The number of carboxylic acid groups (broad SMARTS) is 3. The van der Waals surface area contributed by atoms with Crippen molar-refractivity contribution in [2.24, 2.45) is 0 Å². The van der Waals surface area contributed by atoms with Crippen LogP contribution in [0.5, 0.6) is 0 Å². The minimum atomic E-state index is -1.32. The van der Waals surface area contributed by atoms with Crippen LogP contribution in [0.2, 0.25) is 0 Å². The van der Waals surface area contributed by atoms with E-state index in [2.05, 4.69) is 5.32 Å². The highest BCUT2D eigenvalue weighted by Crippen LogP contribution is 2.42. The largest absolute Gasteiger partial charge is 0.481 e. The molecule has 0 radical (unpaired) electrons. The Hall–Kier alpha value is -3.35. The van der Waals surface area contributed by atoms with E-state index in [0.717, 1.165) is 11.6 Å². The second-order valence-corrected chi connectivity index (χ2v) is 5.83. The highest BCUT2D eigenvalue weighted by Gasteiger charge is 2.35. The van der Waals surface area contributed by atoms with Gasteiger partial charge in [0.15, 0.2) is 0 Å². The number of fused-ring (bicyclic) bond motifs is 1. The van der Waals surface area contributed by atoms with Crippen molar-refractivity contribution < 1.29 is 29.7 Å². The van der Waals surface area contributed by atoms with Gasteiger partial charge in [0.1, 0.15) is 0 Å². The summed E-state index contributed by atoms with van der Waals surface area (Å²) in [6.07, 6.45) is 0.189. The number of anilines is 1. The van der Waals surface area contributed by atoms with E-state index in [1.54, 1.807) is 0 Å². The van der Waals surface area contributed by atoms with Crippen molar-refractivity contribution in [2.45, 2.75) is 18.4 Å². The zero-order chi connectivity index (χ0) is 18.1. The molecule has 7 heteroatoms. The molecule has 0 saturated carbocycles. The predicted molar refractivity (Wildman–Crippen MR) is 88.2 cm³/mol. The Bertz CT molecular complexity index is 861. The van der Waals surface area contributed by atoms with Gasteiger partial charge < -0.3 is 20.6 Å². The van der Waals surface area contributed by atoms with Crippen LogP contribution in [0, 0.1) is 0 Å². The molecule has 0 bridgehead atoms. The number of rotatable bonds is 4. The van der Waals surface area contributed by atoms with Crippen molar-refractivity contribution >= 4 is 23.6 Å². The van der Waals surface area contributed by atoms with Crippen molar-refractivity contribution in [3.63, 3.8) is 0 Å². The summed E-state index contributed by atoms with van der Waals surface area (Å²) >= 11 is 0. The van der Waals surface area contributed by atoms with E-state index in [1.807, 2.05) is 30.3 Å². The third kappa shape index (κ3) is 3.03. The molecule has 0 amide bonds. The average molecular weight is 341 g/mol. The zero-order valence-electron chi connectivity index (χ0n) is 13.0. The Morgan fingerprint density at radius 2 is 1.64 bits per heavy atom. The molecular weight excluding hydrogens is 326 g/mol. The maximum Gasteiger partial charge on any atom is 0.337 e. The van der Waals surface area contributed by atoms with E-state index in [-0.39, 0.29) is 34.8 Å². The molecule has 0 aliphatic carbocycles. The molecule has 2 aromatic carbocycles. The Kier molecular flexibility index (Phi) is 4.14. The first-order valence-corrected chi connectivity index (χ1v) is 7.57. The first-order chi connectivity index (χ1) is 11.9. The minimum absolute atomic E-state index is 0.157. The van der Waals surface area contributed by atoms with E-state index in [9.17, 15) is 29.7 Å². The monoisotopic (exact) mass is 341 g/mol. The van der Waals surface area contributed by atoms with Gasteiger partial charge in [-0.1, -0.05) is 30.3 Å². The summed E-state index contributed by atoms with van der Waals surface area (Å²) in [6, 6.07) is 11.0. The molecule has 2 unspecified atom stereocenters. The summed E-state index contributed by atoms with van der Waals surface area (Å²) in [4.78, 5) is 34.6. The molecule has 0 saturated heterocycles. The molecule has 2 atom stereocenters. The molecule has 4 N–H and O–H groups in total. The standard InChI is InChI=1S/C18H15NO6/c20-16(21)10-6-11-12(17(22)23)8-14(9-4-2-1-3-5-9)19-15(11)13(7-10)18(24)25/h1-7,12,14,19H,8H2,(H,20,21)(H,22,23)(H,24,25). The molecule has 25 heavy (non-hydrogen) atoms. The third-order valence-corrected chi connectivity index (χ3v) is 4.31. The molecule has 0 fully saturated rings. The van der Waals surface area contributed by atoms with Gasteiger partial charge in [-0.15, -0.1) is 0 Å². The second kappa shape index (κ2) is 6.27. The van der Waals surface area contributed by atoms with Gasteiger partial charge in [-0.25, -0.2) is 9.59 Å². The first kappa shape index (κ1) is 16.5. The number of hydrogen-bond acceptors (Lipinski definition) is 4. The van der Waals surface area contributed by atoms with Crippen molar-refractivity contribution in [3.05, 3.63) is 64.7 Å². The van der Waals surface area contributed by atoms with Crippen molar-refractivity contribution in [1.82, 2.24) is 0 Å². The quantitative estimate of drug-likeness (QED) is 0.674. The van der Waals surface area contributed by atoms with Gasteiger partial charge in [-0.2, -0.15) is 0 Å². The van der Waals surface area contributed by atoms with Crippen molar-refractivity contribution in [1.29, 1.82) is 0 Å². The number of aromatic carboxylic acids is 2.